The van der Waals surface area contributed by atoms with E-state index in [-0.39, 0.29) is 18.0 Å². The van der Waals surface area contributed by atoms with Crippen LogP contribution in [-0.4, -0.2) is 43.5 Å². The van der Waals surface area contributed by atoms with E-state index in [1.165, 1.54) is 20.2 Å². The maximum Gasteiger partial charge on any atom is 0.345 e. The molecular formula is C18H18N4O4S. The van der Waals surface area contributed by atoms with E-state index in [4.69, 9.17) is 4.74 Å². The van der Waals surface area contributed by atoms with Gasteiger partial charge < -0.3 is 10.1 Å². The van der Waals surface area contributed by atoms with Crippen LogP contribution in [0.25, 0.3) is 0 Å². The lowest BCUT2D eigenvalue weighted by molar-refractivity contribution is -0.118. The highest BCUT2D eigenvalue weighted by atomic mass is 32.2. The van der Waals surface area contributed by atoms with E-state index >= 15 is 0 Å². The van der Waals surface area contributed by atoms with Crippen molar-refractivity contribution in [3.63, 3.8) is 0 Å². The first-order chi connectivity index (χ1) is 12.9. The largest absolute Gasteiger partial charge is 0.496 e. The monoisotopic (exact) mass is 386 g/mol. The molecule has 0 radical (unpaired) electrons. The molecule has 2 heterocycles. The molecule has 0 spiro atoms. The van der Waals surface area contributed by atoms with Crippen LogP contribution in [0.4, 0.5) is 0 Å². The molecule has 1 aromatic carbocycles. The zero-order chi connectivity index (χ0) is 19.4. The maximum absolute atomic E-state index is 12.6. The molecule has 1 N–H and O–H groups in total. The standard InChI is InChI=1S/C18H18N4O4S/c1-22-16(18(23)20-12-13-6-5-9-19-11-13)10-15(21-27(22,24)25)14-7-3-4-8-17(14)26-2/h3-11H,12H2,1-2H3,(H,20,23). The number of hydrogen-bond donors (Lipinski definition) is 1. The Morgan fingerprint density at radius 3 is 2.70 bits per heavy atom. The van der Waals surface area contributed by atoms with Gasteiger partial charge in [0.05, 0.1) is 12.8 Å². The average molecular weight is 386 g/mol. The van der Waals surface area contributed by atoms with Gasteiger partial charge in [-0.05, 0) is 29.8 Å². The minimum Gasteiger partial charge on any atom is -0.496 e. The number of likely N-dealkylation sites (N-methyl/N-ethyl adjacent to an activating group) is 1. The van der Waals surface area contributed by atoms with Crippen LogP contribution in [0.1, 0.15) is 11.1 Å². The smallest absolute Gasteiger partial charge is 0.345 e. The van der Waals surface area contributed by atoms with Crippen LogP contribution < -0.4 is 10.1 Å². The Balaban J connectivity index is 1.92. The minimum absolute atomic E-state index is 0.0326. The van der Waals surface area contributed by atoms with E-state index in [2.05, 4.69) is 14.7 Å². The van der Waals surface area contributed by atoms with Crippen LogP contribution in [0.5, 0.6) is 5.75 Å². The molecule has 0 fully saturated rings. The van der Waals surface area contributed by atoms with Crippen molar-refractivity contribution >= 4 is 21.8 Å². The fourth-order valence-electron chi connectivity index (χ4n) is 2.52. The van der Waals surface area contributed by atoms with Gasteiger partial charge in [-0.2, -0.15) is 8.42 Å². The molecule has 0 bridgehead atoms. The van der Waals surface area contributed by atoms with Gasteiger partial charge in [0.25, 0.3) is 5.91 Å². The number of benzene rings is 1. The lowest BCUT2D eigenvalue weighted by Crippen LogP contribution is -2.38. The van der Waals surface area contributed by atoms with Crippen molar-refractivity contribution in [1.82, 2.24) is 14.6 Å². The van der Waals surface area contributed by atoms with E-state index in [0.29, 0.717) is 11.3 Å². The number of para-hydroxylation sites is 1. The molecule has 2 aromatic rings. The highest BCUT2D eigenvalue weighted by Gasteiger charge is 2.30. The van der Waals surface area contributed by atoms with Crippen molar-refractivity contribution in [2.45, 2.75) is 6.54 Å². The second-order valence-electron chi connectivity index (χ2n) is 5.70. The summed E-state index contributed by atoms with van der Waals surface area (Å²) in [4.78, 5) is 16.6. The lowest BCUT2D eigenvalue weighted by atomic mass is 10.1. The Morgan fingerprint density at radius 2 is 2.00 bits per heavy atom. The normalized spacial score (nSPS) is 15.6. The van der Waals surface area contributed by atoms with Gasteiger partial charge in [-0.1, -0.05) is 18.2 Å². The third-order valence-electron chi connectivity index (χ3n) is 3.96. The van der Waals surface area contributed by atoms with Gasteiger partial charge in [0.2, 0.25) is 0 Å². The zero-order valence-corrected chi connectivity index (χ0v) is 15.6. The summed E-state index contributed by atoms with van der Waals surface area (Å²) in [6.07, 6.45) is 4.68. The van der Waals surface area contributed by atoms with Crippen LogP contribution >= 0.6 is 0 Å². The van der Waals surface area contributed by atoms with Gasteiger partial charge in [0, 0.05) is 31.5 Å². The molecule has 0 saturated heterocycles. The first-order valence-corrected chi connectivity index (χ1v) is 9.43. The molecule has 8 nitrogen and oxygen atoms in total. The molecule has 0 atom stereocenters. The second-order valence-corrected chi connectivity index (χ2v) is 7.32. The number of methoxy groups -OCH3 is 1. The topological polar surface area (TPSA) is 101 Å². The SMILES string of the molecule is COc1ccccc1C1=NS(=O)(=O)N(C)C(C(=O)NCc2cccnc2)=C1. The fourth-order valence-corrected chi connectivity index (χ4v) is 3.43. The number of hydrogen-bond acceptors (Lipinski definition) is 5. The molecule has 0 saturated carbocycles. The average Bonchev–Trinajstić information content (AvgIpc) is 2.68. The highest BCUT2D eigenvalue weighted by Crippen LogP contribution is 2.25. The zero-order valence-electron chi connectivity index (χ0n) is 14.8. The number of allylic oxidation sites excluding steroid dienone is 1. The molecule has 1 amide bonds. The first kappa shape index (κ1) is 18.6. The Kier molecular flexibility index (Phi) is 5.22. The number of amides is 1. The summed E-state index contributed by atoms with van der Waals surface area (Å²) in [5, 5.41) is 2.70. The van der Waals surface area contributed by atoms with E-state index in [1.807, 2.05) is 6.07 Å². The summed E-state index contributed by atoms with van der Waals surface area (Å²) >= 11 is 0. The van der Waals surface area contributed by atoms with Crippen molar-refractivity contribution in [2.24, 2.45) is 4.40 Å². The van der Waals surface area contributed by atoms with Crippen molar-refractivity contribution in [3.05, 3.63) is 71.7 Å². The third kappa shape index (κ3) is 3.98. The number of aromatic nitrogens is 1. The summed E-state index contributed by atoms with van der Waals surface area (Å²) < 4.78 is 34.8. The minimum atomic E-state index is -4.04. The predicted octanol–water partition coefficient (Wildman–Crippen LogP) is 1.27. The van der Waals surface area contributed by atoms with E-state index < -0.39 is 16.1 Å². The molecule has 140 valence electrons. The molecular weight excluding hydrogens is 368 g/mol. The Labute approximate surface area is 157 Å². The lowest BCUT2D eigenvalue weighted by Gasteiger charge is -2.24. The Bertz CT molecular complexity index is 1020. The number of carbonyl (C=O) groups excluding carboxylic acids is 1. The summed E-state index contributed by atoms with van der Waals surface area (Å²) in [5.74, 6) is -0.0744. The molecule has 27 heavy (non-hydrogen) atoms. The number of pyridine rings is 1. The van der Waals surface area contributed by atoms with E-state index in [1.54, 1.807) is 42.7 Å². The number of nitrogens with one attached hydrogen (secondary N) is 1. The highest BCUT2D eigenvalue weighted by molar-refractivity contribution is 7.88. The van der Waals surface area contributed by atoms with Crippen LogP contribution in [0.3, 0.4) is 0 Å². The summed E-state index contributed by atoms with van der Waals surface area (Å²) in [7, 11) is -1.27. The van der Waals surface area contributed by atoms with Gasteiger partial charge >= 0.3 is 10.2 Å². The van der Waals surface area contributed by atoms with Crippen LogP contribution in [-0.2, 0) is 21.5 Å². The number of carbonyl (C=O) groups is 1. The van der Waals surface area contributed by atoms with Gasteiger partial charge in [-0.15, -0.1) is 4.40 Å². The van der Waals surface area contributed by atoms with Gasteiger partial charge in [-0.3, -0.25) is 9.78 Å². The van der Waals surface area contributed by atoms with Crippen molar-refractivity contribution in [3.8, 4) is 5.75 Å². The van der Waals surface area contributed by atoms with Gasteiger partial charge in [-0.25, -0.2) is 4.31 Å². The predicted molar refractivity (Wildman–Crippen MR) is 100 cm³/mol. The number of ether oxygens (including phenoxy) is 1. The summed E-state index contributed by atoms with van der Waals surface area (Å²) in [6, 6.07) is 10.4. The molecule has 0 unspecified atom stereocenters. The summed E-state index contributed by atoms with van der Waals surface area (Å²) in [6.45, 7) is 0.221. The van der Waals surface area contributed by atoms with Crippen LogP contribution in [0.2, 0.25) is 0 Å². The van der Waals surface area contributed by atoms with Gasteiger partial charge in [0.1, 0.15) is 11.4 Å². The van der Waals surface area contributed by atoms with Gasteiger partial charge in [0.15, 0.2) is 0 Å². The fraction of sp³-hybridized carbons (Fsp3) is 0.167. The molecule has 1 aliphatic heterocycles. The Hall–Kier alpha value is -3.20. The molecule has 1 aromatic heterocycles. The van der Waals surface area contributed by atoms with Crippen LogP contribution in [0.15, 0.2) is 65.0 Å². The summed E-state index contributed by atoms with van der Waals surface area (Å²) in [5.41, 5.74) is 1.38. The molecule has 1 aliphatic rings. The van der Waals surface area contributed by atoms with E-state index in [0.717, 1.165) is 9.87 Å². The molecule has 3 rings (SSSR count). The van der Waals surface area contributed by atoms with Crippen molar-refractivity contribution < 1.29 is 17.9 Å². The van der Waals surface area contributed by atoms with Crippen molar-refractivity contribution in [2.75, 3.05) is 14.2 Å². The van der Waals surface area contributed by atoms with E-state index in [9.17, 15) is 13.2 Å². The number of rotatable bonds is 5. The quantitative estimate of drug-likeness (QED) is 0.834. The van der Waals surface area contributed by atoms with Crippen LogP contribution in [0, 0.1) is 0 Å². The number of nitrogens with zero attached hydrogens (tertiary/aromatic N) is 3. The second kappa shape index (κ2) is 7.58. The third-order valence-corrected chi connectivity index (χ3v) is 5.28. The van der Waals surface area contributed by atoms with Crippen molar-refractivity contribution in [1.29, 1.82) is 0 Å². The molecule has 0 aliphatic carbocycles. The Morgan fingerprint density at radius 1 is 1.22 bits per heavy atom. The molecule has 9 heteroatoms. The maximum atomic E-state index is 12.6. The first-order valence-electron chi connectivity index (χ1n) is 8.03.